The highest BCUT2D eigenvalue weighted by molar-refractivity contribution is 9.11. The lowest BCUT2D eigenvalue weighted by atomic mass is 10.1. The van der Waals surface area contributed by atoms with Crippen molar-refractivity contribution in [3.05, 3.63) is 86.3 Å². The number of benzene rings is 3. The topological polar surface area (TPSA) is 68.1 Å². The Bertz CT molecular complexity index is 1140. The fourth-order valence-electron chi connectivity index (χ4n) is 3.33. The predicted molar refractivity (Wildman–Crippen MR) is 126 cm³/mol. The van der Waals surface area contributed by atoms with Gasteiger partial charge in [0, 0.05) is 6.42 Å². The SMILES string of the molecule is CC(=O)Cc1cc(Br)c(Oc2ccc(O)c(C3=N[C@H](c4ccccc4)CO3)c2)c(Br)c1. The van der Waals surface area contributed by atoms with Gasteiger partial charge < -0.3 is 14.6 Å². The van der Waals surface area contributed by atoms with Gasteiger partial charge in [0.15, 0.2) is 5.75 Å². The van der Waals surface area contributed by atoms with Crippen molar-refractivity contribution in [2.24, 2.45) is 4.99 Å². The number of ketones is 1. The van der Waals surface area contributed by atoms with E-state index < -0.39 is 0 Å². The second-order valence-corrected chi connectivity index (χ2v) is 8.93. The molecule has 0 saturated carbocycles. The summed E-state index contributed by atoms with van der Waals surface area (Å²) in [5, 5.41) is 10.4. The smallest absolute Gasteiger partial charge is 0.220 e. The number of ether oxygens (including phenoxy) is 2. The van der Waals surface area contributed by atoms with Gasteiger partial charge in [0.25, 0.3) is 0 Å². The van der Waals surface area contributed by atoms with E-state index in [1.54, 1.807) is 25.1 Å². The second-order valence-electron chi connectivity index (χ2n) is 7.22. The molecular weight excluding hydrogens is 526 g/mol. The number of Topliss-reactive ketones (excluding diaryl/α,β-unsaturated/α-hetero) is 1. The molecule has 0 saturated heterocycles. The molecule has 0 unspecified atom stereocenters. The summed E-state index contributed by atoms with van der Waals surface area (Å²) in [6, 6.07) is 18.4. The van der Waals surface area contributed by atoms with Gasteiger partial charge in [-0.2, -0.15) is 0 Å². The fourth-order valence-corrected chi connectivity index (χ4v) is 4.78. The minimum Gasteiger partial charge on any atom is -0.507 e. The maximum atomic E-state index is 11.4. The van der Waals surface area contributed by atoms with Gasteiger partial charge in [0.2, 0.25) is 5.90 Å². The first-order valence-electron chi connectivity index (χ1n) is 9.65. The molecule has 5 nitrogen and oxygen atoms in total. The molecule has 1 N–H and O–H groups in total. The zero-order valence-electron chi connectivity index (χ0n) is 16.6. The Morgan fingerprint density at radius 2 is 1.84 bits per heavy atom. The Kier molecular flexibility index (Phi) is 6.43. The summed E-state index contributed by atoms with van der Waals surface area (Å²) in [5.41, 5.74) is 2.41. The number of halogens is 2. The monoisotopic (exact) mass is 543 g/mol. The van der Waals surface area contributed by atoms with Crippen LogP contribution in [0.25, 0.3) is 0 Å². The molecule has 0 spiro atoms. The van der Waals surface area contributed by atoms with Crippen LogP contribution in [0, 0.1) is 0 Å². The van der Waals surface area contributed by atoms with E-state index in [1.165, 1.54) is 0 Å². The van der Waals surface area contributed by atoms with E-state index in [-0.39, 0.29) is 17.6 Å². The summed E-state index contributed by atoms with van der Waals surface area (Å²) < 4.78 is 13.3. The Morgan fingerprint density at radius 3 is 2.52 bits per heavy atom. The van der Waals surface area contributed by atoms with Crippen molar-refractivity contribution in [3.63, 3.8) is 0 Å². The zero-order valence-corrected chi connectivity index (χ0v) is 19.8. The van der Waals surface area contributed by atoms with E-state index in [9.17, 15) is 9.90 Å². The first-order valence-corrected chi connectivity index (χ1v) is 11.2. The molecule has 0 amide bonds. The number of carbonyl (C=O) groups is 1. The van der Waals surface area contributed by atoms with Crippen molar-refractivity contribution in [1.82, 2.24) is 0 Å². The molecule has 1 atom stereocenters. The van der Waals surface area contributed by atoms with Crippen molar-refractivity contribution in [2.45, 2.75) is 19.4 Å². The summed E-state index contributed by atoms with van der Waals surface area (Å²) in [6.45, 7) is 1.97. The summed E-state index contributed by atoms with van der Waals surface area (Å²) in [4.78, 5) is 16.1. The van der Waals surface area contributed by atoms with Gasteiger partial charge in [0.1, 0.15) is 29.9 Å². The van der Waals surface area contributed by atoms with Crippen LogP contribution in [0.4, 0.5) is 0 Å². The van der Waals surface area contributed by atoms with Crippen LogP contribution in [0.1, 0.15) is 29.7 Å². The molecule has 1 aliphatic rings. The van der Waals surface area contributed by atoms with Crippen molar-refractivity contribution < 1.29 is 19.4 Å². The van der Waals surface area contributed by atoms with Crippen molar-refractivity contribution in [1.29, 1.82) is 0 Å². The van der Waals surface area contributed by atoms with E-state index in [1.807, 2.05) is 42.5 Å². The van der Waals surface area contributed by atoms with E-state index >= 15 is 0 Å². The molecule has 0 bridgehead atoms. The minimum absolute atomic E-state index is 0.0646. The molecule has 0 fully saturated rings. The number of rotatable bonds is 6. The summed E-state index contributed by atoms with van der Waals surface area (Å²) in [7, 11) is 0. The van der Waals surface area contributed by atoms with Crippen LogP contribution in [-0.4, -0.2) is 23.4 Å². The predicted octanol–water partition coefficient (Wildman–Crippen LogP) is 6.36. The zero-order chi connectivity index (χ0) is 22.0. The van der Waals surface area contributed by atoms with Crippen molar-refractivity contribution >= 4 is 43.5 Å². The Labute approximate surface area is 197 Å². The average molecular weight is 545 g/mol. The van der Waals surface area contributed by atoms with E-state index in [4.69, 9.17) is 9.47 Å². The van der Waals surface area contributed by atoms with Crippen LogP contribution >= 0.6 is 31.9 Å². The van der Waals surface area contributed by atoms with Gasteiger partial charge in [-0.15, -0.1) is 0 Å². The molecule has 158 valence electrons. The van der Waals surface area contributed by atoms with Crippen molar-refractivity contribution in [3.8, 4) is 17.2 Å². The summed E-state index contributed by atoms with van der Waals surface area (Å²) >= 11 is 7.03. The lowest BCUT2D eigenvalue weighted by molar-refractivity contribution is -0.116. The molecule has 3 aromatic rings. The molecule has 4 rings (SSSR count). The van der Waals surface area contributed by atoms with Gasteiger partial charge >= 0.3 is 0 Å². The maximum absolute atomic E-state index is 11.4. The molecular formula is C24H19Br2NO4. The number of nitrogens with zero attached hydrogens (tertiary/aromatic N) is 1. The highest BCUT2D eigenvalue weighted by atomic mass is 79.9. The molecule has 1 heterocycles. The molecule has 1 aliphatic heterocycles. The van der Waals surface area contributed by atoms with Crippen LogP contribution in [0.15, 0.2) is 74.6 Å². The normalized spacial score (nSPS) is 15.3. The first kappa shape index (κ1) is 21.6. The quantitative estimate of drug-likeness (QED) is 0.392. The van der Waals surface area contributed by atoms with Gasteiger partial charge in [-0.3, -0.25) is 4.79 Å². The largest absolute Gasteiger partial charge is 0.507 e. The third-order valence-electron chi connectivity index (χ3n) is 4.76. The number of aliphatic imine (C=N–C) groups is 1. The maximum Gasteiger partial charge on any atom is 0.220 e. The summed E-state index contributed by atoms with van der Waals surface area (Å²) in [6.07, 6.45) is 0.348. The van der Waals surface area contributed by atoms with Crippen LogP contribution in [0.2, 0.25) is 0 Å². The second kappa shape index (κ2) is 9.24. The van der Waals surface area contributed by atoms with E-state index in [0.29, 0.717) is 44.9 Å². The van der Waals surface area contributed by atoms with Crippen LogP contribution < -0.4 is 4.74 Å². The number of aromatic hydroxyl groups is 1. The highest BCUT2D eigenvalue weighted by Gasteiger charge is 2.24. The molecule has 0 aliphatic carbocycles. The number of phenols is 1. The minimum atomic E-state index is -0.114. The van der Waals surface area contributed by atoms with Crippen LogP contribution in [0.5, 0.6) is 17.2 Å². The van der Waals surface area contributed by atoms with Crippen LogP contribution in [-0.2, 0) is 16.0 Å². The third kappa shape index (κ3) is 4.99. The van der Waals surface area contributed by atoms with E-state index in [0.717, 1.165) is 11.1 Å². The molecule has 31 heavy (non-hydrogen) atoms. The lowest BCUT2D eigenvalue weighted by Gasteiger charge is -2.13. The Hall–Kier alpha value is -2.64. The molecule has 0 radical (unpaired) electrons. The number of hydrogen-bond donors (Lipinski definition) is 1. The van der Waals surface area contributed by atoms with Gasteiger partial charge in [0.05, 0.1) is 14.5 Å². The number of phenolic OH excluding ortho intramolecular Hbond substituents is 1. The van der Waals surface area contributed by atoms with Gasteiger partial charge in [-0.05, 0) is 80.2 Å². The van der Waals surface area contributed by atoms with E-state index in [2.05, 4.69) is 36.9 Å². The van der Waals surface area contributed by atoms with Crippen molar-refractivity contribution in [2.75, 3.05) is 6.61 Å². The lowest BCUT2D eigenvalue weighted by Crippen LogP contribution is -2.02. The van der Waals surface area contributed by atoms with Crippen LogP contribution in [0.3, 0.4) is 0 Å². The molecule has 7 heteroatoms. The van der Waals surface area contributed by atoms with Gasteiger partial charge in [-0.1, -0.05) is 30.3 Å². The highest BCUT2D eigenvalue weighted by Crippen LogP contribution is 2.39. The number of carbonyl (C=O) groups excluding carboxylic acids is 1. The third-order valence-corrected chi connectivity index (χ3v) is 5.94. The first-order chi connectivity index (χ1) is 14.9. The number of hydrogen-bond acceptors (Lipinski definition) is 5. The molecule has 3 aromatic carbocycles. The van der Waals surface area contributed by atoms with Gasteiger partial charge in [-0.25, -0.2) is 4.99 Å². The Morgan fingerprint density at radius 1 is 1.13 bits per heavy atom. The average Bonchev–Trinajstić information content (AvgIpc) is 3.22. The Balaban J connectivity index is 1.60. The summed E-state index contributed by atoms with van der Waals surface area (Å²) in [5.74, 6) is 1.62. The molecule has 0 aromatic heterocycles. The standard InChI is InChI=1S/C24H19Br2NO4/c1-14(28)9-15-10-19(25)23(20(26)11-15)31-17-7-8-22(29)18(12-17)24-27-21(13-30-24)16-5-3-2-4-6-16/h2-8,10-12,21,29H,9,13H2,1H3/t21-/m0/s1. The fraction of sp³-hybridized carbons (Fsp3) is 0.167.